The van der Waals surface area contributed by atoms with Gasteiger partial charge in [-0.15, -0.1) is 0 Å². The van der Waals surface area contributed by atoms with Gasteiger partial charge in [-0.25, -0.2) is 0 Å². The first-order valence-electron chi connectivity index (χ1n) is 6.67. The lowest BCUT2D eigenvalue weighted by molar-refractivity contribution is 0.425. The van der Waals surface area contributed by atoms with Crippen LogP contribution >= 0.6 is 0 Å². The van der Waals surface area contributed by atoms with Gasteiger partial charge in [-0.05, 0) is 18.3 Å². The predicted octanol–water partition coefficient (Wildman–Crippen LogP) is 2.48. The van der Waals surface area contributed by atoms with Gasteiger partial charge in [0.05, 0.1) is 5.69 Å². The molecule has 0 aromatic carbocycles. The van der Waals surface area contributed by atoms with Gasteiger partial charge in [-0.2, -0.15) is 5.10 Å². The average molecular weight is 236 g/mol. The van der Waals surface area contributed by atoms with Crippen molar-refractivity contribution in [3.8, 4) is 0 Å². The summed E-state index contributed by atoms with van der Waals surface area (Å²) in [6.45, 7) is 8.84. The number of hydrogen-bond acceptors (Lipinski definition) is 3. The summed E-state index contributed by atoms with van der Waals surface area (Å²) < 4.78 is 1.97. The van der Waals surface area contributed by atoms with Crippen molar-refractivity contribution in [2.75, 3.05) is 23.7 Å². The predicted molar refractivity (Wildman–Crippen MR) is 72.5 cm³/mol. The Morgan fingerprint density at radius 2 is 2.06 bits per heavy atom. The van der Waals surface area contributed by atoms with Crippen LogP contribution in [0.25, 0.3) is 0 Å². The van der Waals surface area contributed by atoms with E-state index in [0.29, 0.717) is 11.8 Å². The van der Waals surface area contributed by atoms with Gasteiger partial charge in [0.2, 0.25) is 0 Å². The maximum absolute atomic E-state index is 4.59. The summed E-state index contributed by atoms with van der Waals surface area (Å²) in [7, 11) is 2.02. The van der Waals surface area contributed by atoms with Gasteiger partial charge in [0.1, 0.15) is 11.5 Å². The number of aryl methyl sites for hydroxylation is 2. The van der Waals surface area contributed by atoms with Crippen molar-refractivity contribution in [1.82, 2.24) is 9.78 Å². The molecule has 4 heteroatoms. The zero-order valence-corrected chi connectivity index (χ0v) is 11.4. The van der Waals surface area contributed by atoms with Crippen molar-refractivity contribution < 1.29 is 0 Å². The zero-order valence-electron chi connectivity index (χ0n) is 11.4. The fraction of sp³-hybridized carbons (Fsp3) is 0.769. The van der Waals surface area contributed by atoms with Gasteiger partial charge in [0.25, 0.3) is 0 Å². The fourth-order valence-electron chi connectivity index (χ4n) is 2.38. The van der Waals surface area contributed by atoms with Crippen LogP contribution < -0.4 is 10.6 Å². The van der Waals surface area contributed by atoms with Crippen LogP contribution in [0.2, 0.25) is 0 Å². The molecular weight excluding hydrogens is 212 g/mol. The second-order valence-corrected chi connectivity index (χ2v) is 5.31. The van der Waals surface area contributed by atoms with Crippen LogP contribution in [0, 0.1) is 11.8 Å². The highest BCUT2D eigenvalue weighted by Gasteiger charge is 2.22. The van der Waals surface area contributed by atoms with Gasteiger partial charge >= 0.3 is 0 Å². The molecule has 17 heavy (non-hydrogen) atoms. The summed E-state index contributed by atoms with van der Waals surface area (Å²) in [6.07, 6.45) is 2.18. The smallest absolute Gasteiger partial charge is 0.148 e. The first-order chi connectivity index (χ1) is 8.13. The van der Waals surface area contributed by atoms with E-state index in [1.54, 1.807) is 0 Å². The standard InChI is InChI=1S/C13H24N4/c1-5-6-11-12-13(17(4)16-11)15-8-10(7-14-12)9(2)3/h9-10,14-15H,5-8H2,1-4H3. The molecule has 0 radical (unpaired) electrons. The second-order valence-electron chi connectivity index (χ2n) is 5.31. The lowest BCUT2D eigenvalue weighted by Gasteiger charge is -2.18. The molecule has 0 aliphatic carbocycles. The number of hydrogen-bond donors (Lipinski definition) is 2. The number of nitrogens with one attached hydrogen (secondary N) is 2. The van der Waals surface area contributed by atoms with Crippen LogP contribution in [0.1, 0.15) is 32.9 Å². The molecule has 0 fully saturated rings. The van der Waals surface area contributed by atoms with Crippen molar-refractivity contribution in [3.63, 3.8) is 0 Å². The van der Waals surface area contributed by atoms with Gasteiger partial charge in [0.15, 0.2) is 0 Å². The number of fused-ring (bicyclic) bond motifs is 1. The number of aromatic nitrogens is 2. The molecule has 2 heterocycles. The third-order valence-electron chi connectivity index (χ3n) is 3.62. The lowest BCUT2D eigenvalue weighted by atomic mass is 9.96. The Morgan fingerprint density at radius 1 is 1.35 bits per heavy atom. The van der Waals surface area contributed by atoms with Crippen LogP contribution in [-0.4, -0.2) is 22.9 Å². The van der Waals surface area contributed by atoms with Crippen molar-refractivity contribution in [3.05, 3.63) is 5.69 Å². The Kier molecular flexibility index (Phi) is 3.60. The van der Waals surface area contributed by atoms with Gasteiger partial charge < -0.3 is 10.6 Å². The largest absolute Gasteiger partial charge is 0.380 e. The summed E-state index contributed by atoms with van der Waals surface area (Å²) in [5.74, 6) is 2.53. The molecular formula is C13H24N4. The molecule has 1 unspecified atom stereocenters. The first kappa shape index (κ1) is 12.3. The molecule has 1 aromatic heterocycles. The van der Waals surface area contributed by atoms with E-state index >= 15 is 0 Å². The second kappa shape index (κ2) is 4.98. The molecule has 1 aliphatic rings. The monoisotopic (exact) mass is 236 g/mol. The molecule has 2 rings (SSSR count). The molecule has 96 valence electrons. The molecule has 2 N–H and O–H groups in total. The molecule has 0 spiro atoms. The highest BCUT2D eigenvalue weighted by atomic mass is 15.3. The molecule has 0 saturated heterocycles. The quantitative estimate of drug-likeness (QED) is 0.847. The van der Waals surface area contributed by atoms with Gasteiger partial charge in [-0.1, -0.05) is 27.2 Å². The van der Waals surface area contributed by atoms with Crippen molar-refractivity contribution in [1.29, 1.82) is 0 Å². The highest BCUT2D eigenvalue weighted by molar-refractivity contribution is 5.69. The maximum Gasteiger partial charge on any atom is 0.148 e. The van der Waals surface area contributed by atoms with Crippen molar-refractivity contribution in [2.45, 2.75) is 33.6 Å². The van der Waals surface area contributed by atoms with E-state index in [1.807, 2.05) is 11.7 Å². The van der Waals surface area contributed by atoms with Crippen molar-refractivity contribution >= 4 is 11.5 Å². The Balaban J connectivity index is 2.21. The summed E-state index contributed by atoms with van der Waals surface area (Å²) in [4.78, 5) is 0. The number of nitrogens with zero attached hydrogens (tertiary/aromatic N) is 2. The summed E-state index contributed by atoms with van der Waals surface area (Å²) in [5, 5.41) is 11.7. The number of anilines is 2. The normalized spacial score (nSPS) is 19.5. The summed E-state index contributed by atoms with van der Waals surface area (Å²) >= 11 is 0. The highest BCUT2D eigenvalue weighted by Crippen LogP contribution is 2.30. The molecule has 0 amide bonds. The van der Waals surface area contributed by atoms with E-state index in [2.05, 4.69) is 36.5 Å². The molecule has 0 bridgehead atoms. The molecule has 1 atom stereocenters. The van der Waals surface area contributed by atoms with E-state index in [1.165, 1.54) is 11.4 Å². The third kappa shape index (κ3) is 2.40. The van der Waals surface area contributed by atoms with Gasteiger partial charge in [0, 0.05) is 20.1 Å². The Bertz CT molecular complexity index is 381. The minimum atomic E-state index is 0.678. The first-order valence-corrected chi connectivity index (χ1v) is 6.67. The van der Waals surface area contributed by atoms with Crippen LogP contribution in [0.3, 0.4) is 0 Å². The Morgan fingerprint density at radius 3 is 2.71 bits per heavy atom. The fourth-order valence-corrected chi connectivity index (χ4v) is 2.38. The molecule has 1 aliphatic heterocycles. The van der Waals surface area contributed by atoms with E-state index in [4.69, 9.17) is 0 Å². The zero-order chi connectivity index (χ0) is 12.4. The van der Waals surface area contributed by atoms with E-state index in [-0.39, 0.29) is 0 Å². The maximum atomic E-state index is 4.59. The van der Waals surface area contributed by atoms with E-state index < -0.39 is 0 Å². The molecule has 0 saturated carbocycles. The van der Waals surface area contributed by atoms with E-state index in [9.17, 15) is 0 Å². The SMILES string of the molecule is CCCc1nn(C)c2c1NCC(C(C)C)CN2. The summed E-state index contributed by atoms with van der Waals surface area (Å²) in [5.41, 5.74) is 2.42. The Labute approximate surface area is 104 Å². The minimum absolute atomic E-state index is 0.678. The van der Waals surface area contributed by atoms with Crippen LogP contribution in [0.4, 0.5) is 11.5 Å². The average Bonchev–Trinajstić information content (AvgIpc) is 2.50. The van der Waals surface area contributed by atoms with Crippen LogP contribution in [-0.2, 0) is 13.5 Å². The van der Waals surface area contributed by atoms with Crippen LogP contribution in [0.15, 0.2) is 0 Å². The third-order valence-corrected chi connectivity index (χ3v) is 3.62. The van der Waals surface area contributed by atoms with E-state index in [0.717, 1.165) is 31.7 Å². The number of rotatable bonds is 3. The van der Waals surface area contributed by atoms with Gasteiger partial charge in [-0.3, -0.25) is 4.68 Å². The molecule has 1 aromatic rings. The Hall–Kier alpha value is -1.19. The summed E-state index contributed by atoms with van der Waals surface area (Å²) in [6, 6.07) is 0. The van der Waals surface area contributed by atoms with Crippen LogP contribution in [0.5, 0.6) is 0 Å². The topological polar surface area (TPSA) is 41.9 Å². The minimum Gasteiger partial charge on any atom is -0.380 e. The molecule has 4 nitrogen and oxygen atoms in total. The van der Waals surface area contributed by atoms with Crippen molar-refractivity contribution in [2.24, 2.45) is 18.9 Å². The lowest BCUT2D eigenvalue weighted by Crippen LogP contribution is -2.24.